The molecule has 0 unspecified atom stereocenters. The molecule has 0 spiro atoms. The van der Waals surface area contributed by atoms with Crippen molar-refractivity contribution in [3.05, 3.63) is 52.5 Å². The van der Waals surface area contributed by atoms with Crippen molar-refractivity contribution in [2.75, 3.05) is 16.8 Å². The van der Waals surface area contributed by atoms with Crippen LogP contribution in [-0.2, 0) is 12.7 Å². The molecule has 25 heavy (non-hydrogen) atoms. The number of anilines is 3. The number of alkyl halides is 3. The highest BCUT2D eigenvalue weighted by molar-refractivity contribution is 6.31. The number of halogens is 4. The molecule has 0 aliphatic carbocycles. The molecule has 0 bridgehead atoms. The highest BCUT2D eigenvalue weighted by atomic mass is 35.5. The van der Waals surface area contributed by atoms with Gasteiger partial charge in [-0.05, 0) is 35.9 Å². The van der Waals surface area contributed by atoms with Crippen LogP contribution in [0.25, 0.3) is 10.9 Å². The van der Waals surface area contributed by atoms with Crippen LogP contribution in [0.4, 0.5) is 30.6 Å². The van der Waals surface area contributed by atoms with Crippen LogP contribution in [0.15, 0.2) is 36.4 Å². The van der Waals surface area contributed by atoms with E-state index < -0.39 is 11.7 Å². The highest BCUT2D eigenvalue weighted by Crippen LogP contribution is 2.36. The Labute approximate surface area is 145 Å². The lowest BCUT2D eigenvalue weighted by atomic mass is 10.1. The van der Waals surface area contributed by atoms with Gasteiger partial charge in [-0.1, -0.05) is 17.7 Å². The monoisotopic (exact) mass is 367 g/mol. The predicted molar refractivity (Wildman–Crippen MR) is 92.1 cm³/mol. The van der Waals surface area contributed by atoms with Gasteiger partial charge in [0.1, 0.15) is 5.82 Å². The fraction of sp³-hybridized carbons (Fsp3) is 0.125. The number of aromatic nitrogens is 2. The maximum Gasteiger partial charge on any atom is 0.417 e. The summed E-state index contributed by atoms with van der Waals surface area (Å²) in [7, 11) is 0. The molecule has 0 amide bonds. The van der Waals surface area contributed by atoms with Crippen molar-refractivity contribution < 1.29 is 13.2 Å². The smallest absolute Gasteiger partial charge is 0.383 e. The van der Waals surface area contributed by atoms with Gasteiger partial charge in [0.05, 0.1) is 16.1 Å². The molecule has 130 valence electrons. The van der Waals surface area contributed by atoms with E-state index in [0.717, 1.165) is 11.6 Å². The topological polar surface area (TPSA) is 89.8 Å². The summed E-state index contributed by atoms with van der Waals surface area (Å²) < 4.78 is 38.7. The Morgan fingerprint density at radius 2 is 1.80 bits per heavy atom. The maximum absolute atomic E-state index is 12.9. The van der Waals surface area contributed by atoms with Crippen LogP contribution in [0.1, 0.15) is 11.1 Å². The van der Waals surface area contributed by atoms with E-state index in [1.54, 1.807) is 18.2 Å². The minimum Gasteiger partial charge on any atom is -0.383 e. The Kier molecular flexibility index (Phi) is 4.30. The zero-order chi connectivity index (χ0) is 18.2. The third kappa shape index (κ3) is 3.69. The molecule has 5 N–H and O–H groups in total. The number of benzene rings is 2. The normalized spacial score (nSPS) is 11.7. The zero-order valence-electron chi connectivity index (χ0n) is 12.7. The molecule has 3 aromatic rings. The van der Waals surface area contributed by atoms with E-state index in [1.807, 2.05) is 0 Å². The Balaban J connectivity index is 1.83. The van der Waals surface area contributed by atoms with Gasteiger partial charge < -0.3 is 16.8 Å². The van der Waals surface area contributed by atoms with Crippen LogP contribution in [-0.4, -0.2) is 9.97 Å². The zero-order valence-corrected chi connectivity index (χ0v) is 13.5. The number of nitrogen functional groups attached to an aromatic ring is 2. The van der Waals surface area contributed by atoms with E-state index in [2.05, 4.69) is 15.3 Å². The van der Waals surface area contributed by atoms with Crippen LogP contribution < -0.4 is 16.8 Å². The number of rotatable bonds is 3. The summed E-state index contributed by atoms with van der Waals surface area (Å²) >= 11 is 5.61. The molecular formula is C16H13ClF3N5. The first-order valence-electron chi connectivity index (χ1n) is 7.16. The summed E-state index contributed by atoms with van der Waals surface area (Å²) in [5, 5.41) is 3.22. The standard InChI is InChI=1S/C16H13ClF3N5/c17-12-3-2-9(6-11(12)16(18,19)20)23-7-8-1-4-13-10(5-8)14(21)25-15(22)24-13/h1-6,23H,7H2,(H4,21,22,24,25). The quantitative estimate of drug-likeness (QED) is 0.649. The lowest BCUT2D eigenvalue weighted by Gasteiger charge is -2.13. The predicted octanol–water partition coefficient (Wildman–Crippen LogP) is 4.08. The van der Waals surface area contributed by atoms with Gasteiger partial charge in [0.2, 0.25) is 5.95 Å². The number of hydrogen-bond donors (Lipinski definition) is 3. The Bertz CT molecular complexity index is 943. The summed E-state index contributed by atoms with van der Waals surface area (Å²) in [6.07, 6.45) is -4.51. The molecule has 2 aromatic carbocycles. The van der Waals surface area contributed by atoms with Crippen molar-refractivity contribution in [1.82, 2.24) is 9.97 Å². The maximum atomic E-state index is 12.9. The fourth-order valence-corrected chi connectivity index (χ4v) is 2.61. The van der Waals surface area contributed by atoms with Crippen molar-refractivity contribution >= 4 is 40.0 Å². The van der Waals surface area contributed by atoms with Crippen molar-refractivity contribution in [2.45, 2.75) is 12.7 Å². The fourth-order valence-electron chi connectivity index (χ4n) is 2.38. The first kappa shape index (κ1) is 17.1. The van der Waals surface area contributed by atoms with Crippen molar-refractivity contribution in [3.8, 4) is 0 Å². The largest absolute Gasteiger partial charge is 0.417 e. The second-order valence-corrected chi connectivity index (χ2v) is 5.77. The van der Waals surface area contributed by atoms with E-state index in [9.17, 15) is 13.2 Å². The van der Waals surface area contributed by atoms with E-state index in [1.165, 1.54) is 12.1 Å². The number of nitrogens with one attached hydrogen (secondary N) is 1. The van der Waals surface area contributed by atoms with Crippen molar-refractivity contribution in [3.63, 3.8) is 0 Å². The summed E-state index contributed by atoms with van der Waals surface area (Å²) in [5.41, 5.74) is 12.2. The second-order valence-electron chi connectivity index (χ2n) is 5.36. The second kappa shape index (κ2) is 6.29. The van der Waals surface area contributed by atoms with E-state index in [0.29, 0.717) is 23.1 Å². The molecule has 1 heterocycles. The van der Waals surface area contributed by atoms with Crippen molar-refractivity contribution in [1.29, 1.82) is 0 Å². The minimum atomic E-state index is -4.51. The van der Waals surface area contributed by atoms with E-state index >= 15 is 0 Å². The van der Waals surface area contributed by atoms with Gasteiger partial charge in [-0.2, -0.15) is 18.2 Å². The first-order valence-corrected chi connectivity index (χ1v) is 7.54. The molecule has 0 saturated heterocycles. The molecule has 0 aliphatic rings. The molecular weight excluding hydrogens is 355 g/mol. The Morgan fingerprint density at radius 1 is 1.04 bits per heavy atom. The summed E-state index contributed by atoms with van der Waals surface area (Å²) in [5.74, 6) is 0.326. The van der Waals surface area contributed by atoms with Gasteiger partial charge in [0, 0.05) is 17.6 Å². The lowest BCUT2D eigenvalue weighted by Crippen LogP contribution is -2.07. The SMILES string of the molecule is Nc1nc(N)c2cc(CNc3ccc(Cl)c(C(F)(F)F)c3)ccc2n1. The van der Waals surface area contributed by atoms with Crippen molar-refractivity contribution in [2.24, 2.45) is 0 Å². The average Bonchev–Trinajstić information content (AvgIpc) is 2.53. The van der Waals surface area contributed by atoms with Crippen LogP contribution in [0, 0.1) is 0 Å². The highest BCUT2D eigenvalue weighted by Gasteiger charge is 2.33. The molecule has 5 nitrogen and oxygen atoms in total. The molecule has 0 fully saturated rings. The summed E-state index contributed by atoms with van der Waals surface area (Å²) in [6.45, 7) is 0.290. The third-order valence-electron chi connectivity index (χ3n) is 3.58. The summed E-state index contributed by atoms with van der Waals surface area (Å²) in [6, 6.07) is 8.93. The molecule has 1 aromatic heterocycles. The van der Waals surface area contributed by atoms with E-state index in [-0.39, 0.29) is 16.8 Å². The van der Waals surface area contributed by atoms with Gasteiger partial charge in [-0.25, -0.2) is 4.98 Å². The van der Waals surface area contributed by atoms with Gasteiger partial charge in [-0.15, -0.1) is 0 Å². The number of nitrogens with two attached hydrogens (primary N) is 2. The van der Waals surface area contributed by atoms with Crippen LogP contribution >= 0.6 is 11.6 Å². The summed E-state index contributed by atoms with van der Waals surface area (Å²) in [4.78, 5) is 7.96. The minimum absolute atomic E-state index is 0.0803. The Hall–Kier alpha value is -2.74. The third-order valence-corrected chi connectivity index (χ3v) is 3.90. The lowest BCUT2D eigenvalue weighted by molar-refractivity contribution is -0.137. The number of nitrogens with zero attached hydrogens (tertiary/aromatic N) is 2. The molecule has 0 saturated carbocycles. The first-order chi connectivity index (χ1) is 11.7. The molecule has 0 atom stereocenters. The number of fused-ring (bicyclic) bond motifs is 1. The van der Waals surface area contributed by atoms with Crippen LogP contribution in [0.2, 0.25) is 5.02 Å². The van der Waals surface area contributed by atoms with Crippen LogP contribution in [0.5, 0.6) is 0 Å². The van der Waals surface area contributed by atoms with E-state index in [4.69, 9.17) is 23.1 Å². The molecule has 0 radical (unpaired) electrons. The van der Waals surface area contributed by atoms with Gasteiger partial charge in [0.15, 0.2) is 0 Å². The average molecular weight is 368 g/mol. The molecule has 0 aliphatic heterocycles. The molecule has 9 heteroatoms. The molecule has 3 rings (SSSR count). The number of hydrogen-bond acceptors (Lipinski definition) is 5. The van der Waals surface area contributed by atoms with Gasteiger partial charge >= 0.3 is 6.18 Å². The van der Waals surface area contributed by atoms with Crippen LogP contribution in [0.3, 0.4) is 0 Å². The van der Waals surface area contributed by atoms with Gasteiger partial charge in [0.25, 0.3) is 0 Å². The van der Waals surface area contributed by atoms with Gasteiger partial charge in [-0.3, -0.25) is 0 Å². The Morgan fingerprint density at radius 3 is 2.52 bits per heavy atom.